The van der Waals surface area contributed by atoms with Crippen molar-refractivity contribution in [2.24, 2.45) is 0 Å². The molecule has 2 aromatic carbocycles. The summed E-state index contributed by atoms with van der Waals surface area (Å²) in [6.45, 7) is 0. The maximum Gasteiger partial charge on any atom is 0.180 e. The van der Waals surface area contributed by atoms with Crippen molar-refractivity contribution >= 4 is 22.0 Å². The molecule has 2 heterocycles. The zero-order valence-electron chi connectivity index (χ0n) is 10.00. The second-order valence-corrected chi connectivity index (χ2v) is 4.32. The van der Waals surface area contributed by atoms with Gasteiger partial charge in [0, 0.05) is 5.39 Å². The van der Waals surface area contributed by atoms with Crippen LogP contribution in [0.2, 0.25) is 0 Å². The molecular formula is C16H9N2O. The number of rotatable bonds is 1. The van der Waals surface area contributed by atoms with Crippen LogP contribution < -0.4 is 0 Å². The van der Waals surface area contributed by atoms with E-state index in [4.69, 9.17) is 4.42 Å². The lowest BCUT2D eigenvalue weighted by Crippen LogP contribution is -1.87. The lowest BCUT2D eigenvalue weighted by Gasteiger charge is -2.00. The lowest BCUT2D eigenvalue weighted by molar-refractivity contribution is 0.607. The third-order valence-electron chi connectivity index (χ3n) is 3.12. The molecule has 0 atom stereocenters. The summed E-state index contributed by atoms with van der Waals surface area (Å²) >= 11 is 0. The molecule has 0 aliphatic rings. The van der Waals surface area contributed by atoms with Crippen LogP contribution in [0.5, 0.6) is 0 Å². The van der Waals surface area contributed by atoms with Crippen LogP contribution in [-0.2, 0) is 0 Å². The number of aromatic nitrogens is 2. The van der Waals surface area contributed by atoms with E-state index in [0.29, 0.717) is 0 Å². The van der Waals surface area contributed by atoms with E-state index >= 15 is 0 Å². The van der Waals surface area contributed by atoms with E-state index in [9.17, 15) is 0 Å². The molecule has 4 aromatic rings. The van der Waals surface area contributed by atoms with E-state index in [-0.39, 0.29) is 0 Å². The molecule has 1 radical (unpaired) electrons. The van der Waals surface area contributed by atoms with Gasteiger partial charge in [-0.3, -0.25) is 4.98 Å². The zero-order chi connectivity index (χ0) is 12.7. The molecule has 19 heavy (non-hydrogen) atoms. The Morgan fingerprint density at radius 3 is 2.63 bits per heavy atom. The fraction of sp³-hybridized carbons (Fsp3) is 0. The largest absolute Gasteiger partial charge is 0.452 e. The quantitative estimate of drug-likeness (QED) is 0.511. The first kappa shape index (κ1) is 10.3. The fourth-order valence-corrected chi connectivity index (χ4v) is 2.19. The SMILES string of the molecule is [c]1oc2ccccc2c1-c1cnc2ccccc2n1. The molecule has 0 aliphatic carbocycles. The highest BCUT2D eigenvalue weighted by atomic mass is 16.3. The van der Waals surface area contributed by atoms with Crippen LogP contribution in [0.25, 0.3) is 33.3 Å². The van der Waals surface area contributed by atoms with Gasteiger partial charge in [0.1, 0.15) is 5.58 Å². The molecule has 0 fully saturated rings. The molecule has 0 bridgehead atoms. The molecule has 0 saturated carbocycles. The van der Waals surface area contributed by atoms with Gasteiger partial charge in [0.2, 0.25) is 0 Å². The average molecular weight is 245 g/mol. The van der Waals surface area contributed by atoms with Crippen LogP contribution in [0.4, 0.5) is 0 Å². The predicted octanol–water partition coefficient (Wildman–Crippen LogP) is 3.84. The number of fused-ring (bicyclic) bond motifs is 2. The first-order valence-corrected chi connectivity index (χ1v) is 6.03. The van der Waals surface area contributed by atoms with Gasteiger partial charge in [-0.25, -0.2) is 4.98 Å². The summed E-state index contributed by atoms with van der Waals surface area (Å²) in [5.74, 6) is 0. The van der Waals surface area contributed by atoms with Crippen molar-refractivity contribution in [3.63, 3.8) is 0 Å². The monoisotopic (exact) mass is 245 g/mol. The first-order valence-electron chi connectivity index (χ1n) is 6.03. The van der Waals surface area contributed by atoms with E-state index in [1.807, 2.05) is 48.5 Å². The number of furan rings is 1. The molecule has 0 N–H and O–H groups in total. The first-order chi connectivity index (χ1) is 9.42. The molecule has 3 nitrogen and oxygen atoms in total. The molecule has 3 heteroatoms. The minimum atomic E-state index is 0.781. The standard InChI is InChI=1S/C16H9N2O/c1-4-8-16-11(5-1)12(10-19-16)15-9-17-13-6-2-3-7-14(13)18-15/h1-9H. The Labute approximate surface area is 109 Å². The number of nitrogens with zero attached hydrogens (tertiary/aromatic N) is 2. The minimum absolute atomic E-state index is 0.781. The highest BCUT2D eigenvalue weighted by Crippen LogP contribution is 2.28. The third-order valence-corrected chi connectivity index (χ3v) is 3.12. The molecule has 0 amide bonds. The maximum absolute atomic E-state index is 5.42. The Hall–Kier alpha value is -2.68. The van der Waals surface area contributed by atoms with Crippen LogP contribution >= 0.6 is 0 Å². The minimum Gasteiger partial charge on any atom is -0.452 e. The molecule has 4 rings (SSSR count). The van der Waals surface area contributed by atoms with Gasteiger partial charge in [-0.1, -0.05) is 30.3 Å². The molecular weight excluding hydrogens is 236 g/mol. The second-order valence-electron chi connectivity index (χ2n) is 4.32. The Morgan fingerprint density at radius 2 is 1.68 bits per heavy atom. The normalized spacial score (nSPS) is 11.2. The van der Waals surface area contributed by atoms with E-state index in [2.05, 4.69) is 16.2 Å². The van der Waals surface area contributed by atoms with Gasteiger partial charge in [0.15, 0.2) is 6.26 Å². The maximum atomic E-state index is 5.42. The van der Waals surface area contributed by atoms with Crippen LogP contribution in [0, 0.1) is 6.26 Å². The number of para-hydroxylation sites is 3. The predicted molar refractivity (Wildman–Crippen MR) is 73.6 cm³/mol. The van der Waals surface area contributed by atoms with Gasteiger partial charge in [-0.05, 0) is 18.2 Å². The van der Waals surface area contributed by atoms with Crippen molar-refractivity contribution in [3.05, 3.63) is 61.0 Å². The van der Waals surface area contributed by atoms with E-state index < -0.39 is 0 Å². The van der Waals surface area contributed by atoms with Gasteiger partial charge < -0.3 is 4.42 Å². The van der Waals surface area contributed by atoms with Crippen LogP contribution in [-0.4, -0.2) is 9.97 Å². The van der Waals surface area contributed by atoms with Crippen molar-refractivity contribution < 1.29 is 4.42 Å². The molecule has 0 spiro atoms. The summed E-state index contributed by atoms with van der Waals surface area (Å²) in [4.78, 5) is 9.03. The summed E-state index contributed by atoms with van der Waals surface area (Å²) in [6, 6.07) is 15.6. The van der Waals surface area contributed by atoms with Crippen LogP contribution in [0.3, 0.4) is 0 Å². The molecule has 2 aromatic heterocycles. The number of hydrogen-bond acceptors (Lipinski definition) is 3. The van der Waals surface area contributed by atoms with Gasteiger partial charge in [0.25, 0.3) is 0 Å². The zero-order valence-corrected chi connectivity index (χ0v) is 10.00. The van der Waals surface area contributed by atoms with E-state index in [0.717, 1.165) is 33.3 Å². The van der Waals surface area contributed by atoms with Gasteiger partial charge in [-0.15, -0.1) is 0 Å². The topological polar surface area (TPSA) is 38.9 Å². The van der Waals surface area contributed by atoms with E-state index in [1.54, 1.807) is 6.20 Å². The van der Waals surface area contributed by atoms with Gasteiger partial charge in [0.05, 0.1) is 28.5 Å². The molecule has 89 valence electrons. The molecule has 0 aliphatic heterocycles. The summed E-state index contributed by atoms with van der Waals surface area (Å²) in [5, 5.41) is 1.01. The van der Waals surface area contributed by atoms with Crippen molar-refractivity contribution in [1.82, 2.24) is 9.97 Å². The van der Waals surface area contributed by atoms with Gasteiger partial charge in [-0.2, -0.15) is 0 Å². The van der Waals surface area contributed by atoms with Crippen molar-refractivity contribution in [1.29, 1.82) is 0 Å². The summed E-state index contributed by atoms with van der Waals surface area (Å²) in [7, 11) is 0. The Bertz CT molecular complexity index is 880. The van der Waals surface area contributed by atoms with Crippen molar-refractivity contribution in [2.45, 2.75) is 0 Å². The van der Waals surface area contributed by atoms with Gasteiger partial charge >= 0.3 is 0 Å². The highest BCUT2D eigenvalue weighted by Gasteiger charge is 2.10. The van der Waals surface area contributed by atoms with Crippen molar-refractivity contribution in [3.8, 4) is 11.3 Å². The number of hydrogen-bond donors (Lipinski definition) is 0. The summed E-state index contributed by atoms with van der Waals surface area (Å²) in [6.07, 6.45) is 4.68. The van der Waals surface area contributed by atoms with E-state index in [1.165, 1.54) is 0 Å². The molecule has 0 unspecified atom stereocenters. The smallest absolute Gasteiger partial charge is 0.180 e. The fourth-order valence-electron chi connectivity index (χ4n) is 2.19. The third kappa shape index (κ3) is 1.59. The molecule has 0 saturated heterocycles. The lowest BCUT2D eigenvalue weighted by atomic mass is 10.1. The Kier molecular flexibility index (Phi) is 2.12. The van der Waals surface area contributed by atoms with Crippen LogP contribution in [0.1, 0.15) is 0 Å². The van der Waals surface area contributed by atoms with Crippen molar-refractivity contribution in [2.75, 3.05) is 0 Å². The average Bonchev–Trinajstić information content (AvgIpc) is 2.91. The Morgan fingerprint density at radius 1 is 0.895 bits per heavy atom. The second kappa shape index (κ2) is 3.92. The summed E-state index contributed by atoms with van der Waals surface area (Å²) < 4.78 is 5.42. The summed E-state index contributed by atoms with van der Waals surface area (Å²) in [5.41, 5.74) is 4.21. The number of benzene rings is 2. The highest BCUT2D eigenvalue weighted by molar-refractivity contribution is 5.93. The Balaban J connectivity index is 1.99. The van der Waals surface area contributed by atoms with Crippen LogP contribution in [0.15, 0.2) is 59.1 Å².